The number of sulfonamides is 1. The summed E-state index contributed by atoms with van der Waals surface area (Å²) in [6.45, 7) is 10.7. The number of benzene rings is 3. The Labute approximate surface area is 390 Å². The molecule has 3 aromatic carbocycles. The maximum atomic E-state index is 14.0. The Balaban J connectivity index is 1.04. The molecule has 15 nitrogen and oxygen atoms in total. The van der Waals surface area contributed by atoms with Crippen LogP contribution in [0.1, 0.15) is 81.6 Å². The second kappa shape index (κ2) is 21.4. The fourth-order valence-electron chi connectivity index (χ4n) is 8.23. The molecule has 1 aliphatic carbocycles. The molecular weight excluding hydrogens is 882 g/mol. The van der Waals surface area contributed by atoms with Gasteiger partial charge in [-0.15, -0.1) is 0 Å². The Morgan fingerprint density at radius 2 is 1.71 bits per heavy atom. The van der Waals surface area contributed by atoms with Crippen LogP contribution in [0.2, 0.25) is 5.02 Å². The molecule has 1 fully saturated rings. The maximum absolute atomic E-state index is 14.0. The van der Waals surface area contributed by atoms with Gasteiger partial charge in [0.05, 0.1) is 29.0 Å². The molecule has 1 saturated heterocycles. The molecule has 348 valence electrons. The van der Waals surface area contributed by atoms with Crippen LogP contribution in [0.5, 0.6) is 11.5 Å². The average molecular weight is 939 g/mol. The number of rotatable bonds is 20. The standard InChI is InChI=1S/C49H56ClN7O8S/c1-4-64-46(58)10-8-6-5-7-9-22-51-43-18-15-38(29-44(43)57(60)61)54-66(62,63)48(59)41-17-16-39(30-45(41)65-40-28-35-20-23-52-47(35)53-32-40)56-26-24-55(25-27-56)33-36-19-21-49(2,3)31-42(36)34-11-13-37(50)14-12-34/h11-21,23,28-30,32,51,54H,4-10,22,24-27,31,33H2,1-3H3,(H,52,53). The number of fused-ring (bicyclic) bond motifs is 1. The number of H-pyrrole nitrogens is 1. The van der Waals surface area contributed by atoms with Crippen LogP contribution in [0.25, 0.3) is 16.6 Å². The zero-order valence-electron chi connectivity index (χ0n) is 37.5. The largest absolute Gasteiger partial charge is 0.466 e. The molecule has 0 bridgehead atoms. The predicted molar refractivity (Wildman–Crippen MR) is 260 cm³/mol. The Morgan fingerprint density at radius 3 is 2.47 bits per heavy atom. The number of unbranched alkanes of at least 4 members (excludes halogenated alkanes) is 4. The van der Waals surface area contributed by atoms with Gasteiger partial charge >= 0.3 is 21.1 Å². The molecular formula is C49H56ClN7O8S. The van der Waals surface area contributed by atoms with E-state index in [-0.39, 0.29) is 39.8 Å². The van der Waals surface area contributed by atoms with Crippen LogP contribution in [-0.4, -0.2) is 85.2 Å². The van der Waals surface area contributed by atoms with E-state index in [1.165, 1.54) is 41.1 Å². The number of ether oxygens (including phenoxy) is 2. The number of halogens is 1. The minimum Gasteiger partial charge on any atom is -0.466 e. The molecule has 2 aliphatic rings. The van der Waals surface area contributed by atoms with E-state index in [2.05, 4.69) is 67.9 Å². The Morgan fingerprint density at radius 1 is 0.955 bits per heavy atom. The number of esters is 1. The second-order valence-electron chi connectivity index (χ2n) is 17.3. The lowest BCUT2D eigenvalue weighted by Gasteiger charge is -2.38. The van der Waals surface area contributed by atoms with Gasteiger partial charge in [-0.1, -0.05) is 69.0 Å². The van der Waals surface area contributed by atoms with Crippen molar-refractivity contribution >= 4 is 72.1 Å². The van der Waals surface area contributed by atoms with E-state index >= 15 is 0 Å². The van der Waals surface area contributed by atoms with Crippen molar-refractivity contribution in [3.8, 4) is 11.5 Å². The first kappa shape index (κ1) is 47.7. The summed E-state index contributed by atoms with van der Waals surface area (Å²) < 4.78 is 41.0. The highest BCUT2D eigenvalue weighted by atomic mass is 35.5. The van der Waals surface area contributed by atoms with Gasteiger partial charge in [0.15, 0.2) is 0 Å². The number of nitro groups is 1. The SMILES string of the molecule is CCOC(=O)CCCCCCCNc1ccc(NS(=O)(=O)C(=O)c2ccc(N3CCN(CC4=C(c5ccc(Cl)cc5)CC(C)(C)C=C4)CC3)cc2Oc2cnc3[nH]ccc3c2)cc1[N+](=O)[O-]. The molecule has 17 heteroatoms. The van der Waals surface area contributed by atoms with Gasteiger partial charge in [-0.3, -0.25) is 29.3 Å². The first-order valence-corrected chi connectivity index (χ1v) is 24.2. The Hall–Kier alpha value is -6.23. The number of hydrogen-bond acceptors (Lipinski definition) is 12. The lowest BCUT2D eigenvalue weighted by Crippen LogP contribution is -2.47. The molecule has 0 unspecified atom stereocenters. The zero-order chi connectivity index (χ0) is 46.8. The van der Waals surface area contributed by atoms with E-state index in [0.29, 0.717) is 49.1 Å². The fraction of sp³-hybridized carbons (Fsp3) is 0.367. The van der Waals surface area contributed by atoms with Gasteiger partial charge in [0.25, 0.3) is 5.69 Å². The molecule has 3 heterocycles. The van der Waals surface area contributed by atoms with Crippen LogP contribution in [0.4, 0.5) is 22.7 Å². The number of aromatic amines is 1. The summed E-state index contributed by atoms with van der Waals surface area (Å²) in [5.74, 6) is 0.106. The van der Waals surface area contributed by atoms with Crippen LogP contribution in [0, 0.1) is 15.5 Å². The summed E-state index contributed by atoms with van der Waals surface area (Å²) in [6.07, 6.45) is 13.1. The number of aromatic nitrogens is 2. The number of carbonyl (C=O) groups excluding carboxylic acids is 2. The summed E-state index contributed by atoms with van der Waals surface area (Å²) in [4.78, 5) is 49.1. The fourth-order valence-corrected chi connectivity index (χ4v) is 9.35. The second-order valence-corrected chi connectivity index (χ2v) is 19.3. The summed E-state index contributed by atoms with van der Waals surface area (Å²) in [7, 11) is -4.79. The third-order valence-corrected chi connectivity index (χ3v) is 13.2. The van der Waals surface area contributed by atoms with Gasteiger partial charge in [0, 0.05) is 80.1 Å². The van der Waals surface area contributed by atoms with Crippen LogP contribution in [0.15, 0.2) is 103 Å². The first-order valence-electron chi connectivity index (χ1n) is 22.3. The summed E-state index contributed by atoms with van der Waals surface area (Å²) >= 11 is 6.23. The van der Waals surface area contributed by atoms with Crippen molar-refractivity contribution in [1.82, 2.24) is 14.9 Å². The van der Waals surface area contributed by atoms with Crippen LogP contribution >= 0.6 is 11.6 Å². The van der Waals surface area contributed by atoms with E-state index in [4.69, 9.17) is 21.1 Å². The minimum atomic E-state index is -4.79. The van der Waals surface area contributed by atoms with Gasteiger partial charge in [0.1, 0.15) is 22.8 Å². The van der Waals surface area contributed by atoms with Crippen molar-refractivity contribution in [2.24, 2.45) is 5.41 Å². The third kappa shape index (κ3) is 12.4. The highest BCUT2D eigenvalue weighted by Crippen LogP contribution is 2.40. The number of nitro benzene ring substituents is 1. The number of hydrogen-bond donors (Lipinski definition) is 3. The lowest BCUT2D eigenvalue weighted by atomic mass is 9.77. The maximum Gasteiger partial charge on any atom is 0.305 e. The van der Waals surface area contributed by atoms with Crippen LogP contribution in [0.3, 0.4) is 0 Å². The van der Waals surface area contributed by atoms with Crippen molar-refractivity contribution in [2.45, 2.75) is 65.7 Å². The minimum absolute atomic E-state index is 0.0132. The van der Waals surface area contributed by atoms with Crippen molar-refractivity contribution in [3.63, 3.8) is 0 Å². The van der Waals surface area contributed by atoms with Gasteiger partial charge in [-0.05, 0) is 96.8 Å². The monoisotopic (exact) mass is 937 g/mol. The molecule has 66 heavy (non-hydrogen) atoms. The topological polar surface area (TPSA) is 189 Å². The number of allylic oxidation sites excluding steroid dienone is 2. The molecule has 5 aromatic rings. The van der Waals surface area contributed by atoms with E-state index in [0.717, 1.165) is 75.3 Å². The molecule has 0 atom stereocenters. The zero-order valence-corrected chi connectivity index (χ0v) is 39.1. The predicted octanol–water partition coefficient (Wildman–Crippen LogP) is 10.4. The van der Waals surface area contributed by atoms with Gasteiger partial charge in [-0.25, -0.2) is 4.98 Å². The number of pyridine rings is 1. The number of piperazine rings is 1. The highest BCUT2D eigenvalue weighted by molar-refractivity contribution is 8.07. The Kier molecular flexibility index (Phi) is 15.5. The number of nitrogens with zero attached hydrogens (tertiary/aromatic N) is 4. The van der Waals surface area contributed by atoms with Gasteiger partial charge in [-0.2, -0.15) is 8.42 Å². The van der Waals surface area contributed by atoms with Gasteiger partial charge in [0.2, 0.25) is 0 Å². The van der Waals surface area contributed by atoms with E-state index in [9.17, 15) is 28.1 Å². The average Bonchev–Trinajstić information content (AvgIpc) is 3.76. The molecule has 0 amide bonds. The quantitative estimate of drug-likeness (QED) is 0.0290. The molecule has 0 spiro atoms. The van der Waals surface area contributed by atoms with Crippen molar-refractivity contribution < 1.29 is 32.4 Å². The molecule has 0 saturated carbocycles. The smallest absolute Gasteiger partial charge is 0.305 e. The van der Waals surface area contributed by atoms with Crippen molar-refractivity contribution in [1.29, 1.82) is 0 Å². The highest BCUT2D eigenvalue weighted by Gasteiger charge is 2.31. The Bertz CT molecular complexity index is 2730. The summed E-state index contributed by atoms with van der Waals surface area (Å²) in [5.41, 5.74) is 4.66. The third-order valence-electron chi connectivity index (χ3n) is 11.7. The summed E-state index contributed by atoms with van der Waals surface area (Å²) in [6, 6.07) is 20.3. The molecule has 1 aliphatic heterocycles. The molecule has 3 N–H and O–H groups in total. The first-order chi connectivity index (χ1) is 31.7. The number of anilines is 3. The molecule has 0 radical (unpaired) electrons. The van der Waals surface area contributed by atoms with Crippen molar-refractivity contribution in [3.05, 3.63) is 129 Å². The van der Waals surface area contributed by atoms with Crippen LogP contribution < -0.4 is 19.7 Å². The number of nitrogens with one attached hydrogen (secondary N) is 3. The van der Waals surface area contributed by atoms with E-state index in [1.807, 2.05) is 18.2 Å². The lowest BCUT2D eigenvalue weighted by molar-refractivity contribution is -0.383. The molecule has 7 rings (SSSR count). The van der Waals surface area contributed by atoms with Gasteiger partial charge < -0.3 is 24.7 Å². The summed E-state index contributed by atoms with van der Waals surface area (Å²) in [5, 5.41) is 15.4. The normalized spacial score (nSPS) is 15.2. The van der Waals surface area contributed by atoms with Crippen LogP contribution in [-0.2, 0) is 19.6 Å². The molecule has 2 aromatic heterocycles. The number of carbonyl (C=O) groups is 2. The van der Waals surface area contributed by atoms with E-state index < -0.39 is 20.1 Å². The van der Waals surface area contributed by atoms with E-state index in [1.54, 1.807) is 31.3 Å². The van der Waals surface area contributed by atoms with Crippen molar-refractivity contribution in [2.75, 3.05) is 60.8 Å².